The van der Waals surface area contributed by atoms with Gasteiger partial charge >= 0.3 is 0 Å². The Morgan fingerprint density at radius 1 is 1.08 bits per heavy atom. The van der Waals surface area contributed by atoms with Gasteiger partial charge in [-0.2, -0.15) is 0 Å². The zero-order chi connectivity index (χ0) is 17.6. The van der Waals surface area contributed by atoms with E-state index in [1.54, 1.807) is 0 Å². The number of nitrogens with zero attached hydrogens (tertiary/aromatic N) is 1. The highest BCUT2D eigenvalue weighted by molar-refractivity contribution is 5.79. The van der Waals surface area contributed by atoms with E-state index in [1.165, 1.54) is 0 Å². The third kappa shape index (κ3) is 4.95. The van der Waals surface area contributed by atoms with Crippen LogP contribution in [0, 0.1) is 11.8 Å². The van der Waals surface area contributed by atoms with Crippen LogP contribution in [0.5, 0.6) is 0 Å². The number of rotatable bonds is 5. The number of ether oxygens (including phenoxy) is 2. The molecular weight excluding hydrogens is 316 g/mol. The number of carbonyl (C=O) groups excluding carboxylic acids is 1. The second kappa shape index (κ2) is 8.68. The van der Waals surface area contributed by atoms with Crippen LogP contribution in [-0.4, -0.2) is 52.5 Å². The van der Waals surface area contributed by atoms with E-state index < -0.39 is 0 Å². The Labute approximate surface area is 150 Å². The van der Waals surface area contributed by atoms with E-state index in [9.17, 15) is 4.79 Å². The predicted octanol–water partition coefficient (Wildman–Crippen LogP) is 2.24. The minimum atomic E-state index is 0.113. The summed E-state index contributed by atoms with van der Waals surface area (Å²) in [5.74, 6) is 1.12. The van der Waals surface area contributed by atoms with Crippen molar-refractivity contribution in [3.63, 3.8) is 0 Å². The van der Waals surface area contributed by atoms with Crippen LogP contribution in [0.15, 0.2) is 24.3 Å². The van der Waals surface area contributed by atoms with Crippen molar-refractivity contribution < 1.29 is 14.3 Å². The molecule has 2 aliphatic rings. The van der Waals surface area contributed by atoms with E-state index >= 15 is 0 Å². The van der Waals surface area contributed by atoms with Crippen molar-refractivity contribution in [3.8, 4) is 0 Å². The van der Waals surface area contributed by atoms with Crippen LogP contribution < -0.4 is 10.2 Å². The van der Waals surface area contributed by atoms with E-state index in [-0.39, 0.29) is 11.9 Å². The molecule has 1 aromatic carbocycles. The molecule has 2 atom stereocenters. The normalized spacial score (nSPS) is 24.7. The lowest BCUT2D eigenvalue weighted by molar-refractivity contribution is -0.123. The van der Waals surface area contributed by atoms with Crippen molar-refractivity contribution in [3.05, 3.63) is 29.8 Å². The third-order valence-corrected chi connectivity index (χ3v) is 5.44. The molecule has 2 fully saturated rings. The van der Waals surface area contributed by atoms with E-state index in [0.29, 0.717) is 18.3 Å². The molecule has 0 radical (unpaired) electrons. The summed E-state index contributed by atoms with van der Waals surface area (Å²) in [5, 5.41) is 3.28. The predicted molar refractivity (Wildman–Crippen MR) is 98.9 cm³/mol. The van der Waals surface area contributed by atoms with Gasteiger partial charge in [0.1, 0.15) is 0 Å². The van der Waals surface area contributed by atoms with Crippen molar-refractivity contribution in [1.82, 2.24) is 5.32 Å². The molecule has 2 saturated heterocycles. The quantitative estimate of drug-likeness (QED) is 0.888. The number of carbonyl (C=O) groups is 1. The fourth-order valence-electron chi connectivity index (χ4n) is 3.90. The molecule has 3 rings (SSSR count). The van der Waals surface area contributed by atoms with E-state index in [1.807, 2.05) is 26.2 Å². The number of nitrogens with one attached hydrogen (secondary N) is 1. The van der Waals surface area contributed by atoms with Gasteiger partial charge in [0.05, 0.1) is 13.0 Å². The van der Waals surface area contributed by atoms with Crippen molar-refractivity contribution >= 4 is 11.6 Å². The lowest BCUT2D eigenvalue weighted by atomic mass is 9.79. The van der Waals surface area contributed by atoms with Gasteiger partial charge < -0.3 is 19.7 Å². The van der Waals surface area contributed by atoms with Gasteiger partial charge in [0, 0.05) is 51.6 Å². The Balaban J connectivity index is 1.56. The summed E-state index contributed by atoms with van der Waals surface area (Å²) in [6.07, 6.45) is 3.50. The summed E-state index contributed by atoms with van der Waals surface area (Å²) in [5.41, 5.74) is 2.20. The van der Waals surface area contributed by atoms with E-state index in [2.05, 4.69) is 22.3 Å². The summed E-state index contributed by atoms with van der Waals surface area (Å²) in [6, 6.07) is 8.42. The highest BCUT2D eigenvalue weighted by Crippen LogP contribution is 2.30. The molecule has 0 aliphatic carbocycles. The molecule has 1 N–H and O–H groups in total. The van der Waals surface area contributed by atoms with Crippen molar-refractivity contribution in [1.29, 1.82) is 0 Å². The summed E-state index contributed by atoms with van der Waals surface area (Å²) in [7, 11) is 4.03. The SMILES string of the molecule is CN(C)c1ccc(CC(=O)N[C@H]2CCOC[C@H]2C2CCOCC2)cc1. The molecule has 5 nitrogen and oxygen atoms in total. The van der Waals surface area contributed by atoms with Crippen LogP contribution in [0.25, 0.3) is 0 Å². The van der Waals surface area contributed by atoms with Crippen LogP contribution in [0.1, 0.15) is 24.8 Å². The average Bonchev–Trinajstić information content (AvgIpc) is 2.63. The number of anilines is 1. The fraction of sp³-hybridized carbons (Fsp3) is 0.650. The zero-order valence-electron chi connectivity index (χ0n) is 15.4. The molecule has 0 bridgehead atoms. The fourth-order valence-corrected chi connectivity index (χ4v) is 3.90. The lowest BCUT2D eigenvalue weighted by Crippen LogP contribution is -2.49. The summed E-state index contributed by atoms with van der Waals surface area (Å²) in [6.45, 7) is 3.16. The molecule has 138 valence electrons. The average molecular weight is 346 g/mol. The van der Waals surface area contributed by atoms with Crippen LogP contribution in [-0.2, 0) is 20.7 Å². The van der Waals surface area contributed by atoms with Gasteiger partial charge in [0.2, 0.25) is 5.91 Å². The monoisotopic (exact) mass is 346 g/mol. The van der Waals surface area contributed by atoms with Gasteiger partial charge in [0.15, 0.2) is 0 Å². The van der Waals surface area contributed by atoms with Crippen molar-refractivity contribution in [2.75, 3.05) is 45.4 Å². The minimum Gasteiger partial charge on any atom is -0.381 e. The van der Waals surface area contributed by atoms with Gasteiger partial charge in [-0.1, -0.05) is 12.1 Å². The largest absolute Gasteiger partial charge is 0.381 e. The van der Waals surface area contributed by atoms with Gasteiger partial charge in [-0.05, 0) is 42.9 Å². The maximum Gasteiger partial charge on any atom is 0.224 e. The van der Waals surface area contributed by atoms with Crippen LogP contribution in [0.4, 0.5) is 5.69 Å². The topological polar surface area (TPSA) is 50.8 Å². The molecule has 5 heteroatoms. The number of hydrogen-bond donors (Lipinski definition) is 1. The van der Waals surface area contributed by atoms with Gasteiger partial charge in [-0.25, -0.2) is 0 Å². The third-order valence-electron chi connectivity index (χ3n) is 5.44. The molecule has 2 aliphatic heterocycles. The highest BCUT2D eigenvalue weighted by Gasteiger charge is 2.34. The first kappa shape index (κ1) is 18.2. The van der Waals surface area contributed by atoms with Gasteiger partial charge in [-0.15, -0.1) is 0 Å². The van der Waals surface area contributed by atoms with E-state index in [0.717, 1.165) is 56.9 Å². The molecule has 2 heterocycles. The summed E-state index contributed by atoms with van der Waals surface area (Å²) >= 11 is 0. The molecule has 1 amide bonds. The molecule has 0 aromatic heterocycles. The summed E-state index contributed by atoms with van der Waals surface area (Å²) < 4.78 is 11.2. The first-order valence-corrected chi connectivity index (χ1v) is 9.34. The molecule has 25 heavy (non-hydrogen) atoms. The first-order chi connectivity index (χ1) is 12.1. The van der Waals surface area contributed by atoms with Gasteiger partial charge in [0.25, 0.3) is 0 Å². The second-order valence-electron chi connectivity index (χ2n) is 7.39. The minimum absolute atomic E-state index is 0.113. The molecule has 0 spiro atoms. The Kier molecular flexibility index (Phi) is 6.32. The molecule has 0 saturated carbocycles. The van der Waals surface area contributed by atoms with Gasteiger partial charge in [-0.3, -0.25) is 4.79 Å². The Bertz CT molecular complexity index is 553. The van der Waals surface area contributed by atoms with Crippen LogP contribution >= 0.6 is 0 Å². The van der Waals surface area contributed by atoms with Crippen molar-refractivity contribution in [2.24, 2.45) is 11.8 Å². The second-order valence-corrected chi connectivity index (χ2v) is 7.39. The number of hydrogen-bond acceptors (Lipinski definition) is 4. The standard InChI is InChI=1S/C20H30N2O3/c1-22(2)17-5-3-15(4-6-17)13-20(23)21-19-9-12-25-14-18(19)16-7-10-24-11-8-16/h3-6,16,18-19H,7-14H2,1-2H3,(H,21,23)/t18-,19-/m0/s1. The maximum atomic E-state index is 12.5. The lowest BCUT2D eigenvalue weighted by Gasteiger charge is -2.39. The highest BCUT2D eigenvalue weighted by atomic mass is 16.5. The summed E-state index contributed by atoms with van der Waals surface area (Å²) in [4.78, 5) is 14.6. The van der Waals surface area contributed by atoms with Crippen LogP contribution in [0.2, 0.25) is 0 Å². The molecule has 1 aromatic rings. The number of benzene rings is 1. The Morgan fingerprint density at radius 2 is 1.76 bits per heavy atom. The van der Waals surface area contributed by atoms with Crippen molar-refractivity contribution in [2.45, 2.75) is 31.7 Å². The molecule has 0 unspecified atom stereocenters. The van der Waals surface area contributed by atoms with E-state index in [4.69, 9.17) is 9.47 Å². The Morgan fingerprint density at radius 3 is 2.44 bits per heavy atom. The Hall–Kier alpha value is -1.59. The zero-order valence-corrected chi connectivity index (χ0v) is 15.4. The van der Waals surface area contributed by atoms with Crippen LogP contribution in [0.3, 0.4) is 0 Å². The molecular formula is C20H30N2O3. The number of amides is 1. The maximum absolute atomic E-state index is 12.5. The first-order valence-electron chi connectivity index (χ1n) is 9.34. The smallest absolute Gasteiger partial charge is 0.224 e.